The maximum Gasteiger partial charge on any atom is 0.0717 e. The van der Waals surface area contributed by atoms with E-state index in [4.69, 9.17) is 4.74 Å². The van der Waals surface area contributed by atoms with Crippen molar-refractivity contribution in [1.29, 1.82) is 0 Å². The van der Waals surface area contributed by atoms with Gasteiger partial charge in [-0.05, 0) is 24.6 Å². The Morgan fingerprint density at radius 3 is 2.05 bits per heavy atom. The molecule has 0 aliphatic rings. The average molecular weight is 255 g/mol. The Labute approximate surface area is 115 Å². The van der Waals surface area contributed by atoms with Crippen LogP contribution in [0.4, 0.5) is 0 Å². The van der Waals surface area contributed by atoms with Crippen molar-refractivity contribution in [3.8, 4) is 0 Å². The summed E-state index contributed by atoms with van der Waals surface area (Å²) in [6, 6.07) is 21.1. The SMILES string of the molecule is CN[C@H](COCc1ccccc1)Cc1ccccc1. The molecule has 0 unspecified atom stereocenters. The van der Waals surface area contributed by atoms with E-state index in [1.54, 1.807) is 0 Å². The van der Waals surface area contributed by atoms with E-state index in [2.05, 4.69) is 41.7 Å². The van der Waals surface area contributed by atoms with Gasteiger partial charge in [0.25, 0.3) is 0 Å². The summed E-state index contributed by atoms with van der Waals surface area (Å²) in [6.45, 7) is 1.40. The molecule has 0 aliphatic heterocycles. The topological polar surface area (TPSA) is 21.3 Å². The van der Waals surface area contributed by atoms with E-state index in [0.717, 1.165) is 13.0 Å². The molecule has 0 aliphatic carbocycles. The number of rotatable bonds is 7. The van der Waals surface area contributed by atoms with Gasteiger partial charge in [0.2, 0.25) is 0 Å². The molecule has 2 aromatic carbocycles. The van der Waals surface area contributed by atoms with E-state index >= 15 is 0 Å². The monoisotopic (exact) mass is 255 g/mol. The zero-order valence-electron chi connectivity index (χ0n) is 11.4. The van der Waals surface area contributed by atoms with Crippen LogP contribution in [0.1, 0.15) is 11.1 Å². The van der Waals surface area contributed by atoms with Crippen molar-refractivity contribution in [1.82, 2.24) is 5.32 Å². The summed E-state index contributed by atoms with van der Waals surface area (Å²) in [7, 11) is 1.99. The van der Waals surface area contributed by atoms with Crippen molar-refractivity contribution in [3.63, 3.8) is 0 Å². The van der Waals surface area contributed by atoms with Crippen LogP contribution in [-0.2, 0) is 17.8 Å². The van der Waals surface area contributed by atoms with Gasteiger partial charge in [-0.15, -0.1) is 0 Å². The average Bonchev–Trinajstić information content (AvgIpc) is 2.48. The van der Waals surface area contributed by atoms with Gasteiger partial charge in [-0.25, -0.2) is 0 Å². The molecule has 0 radical (unpaired) electrons. The minimum atomic E-state index is 0.353. The molecule has 100 valence electrons. The van der Waals surface area contributed by atoms with Gasteiger partial charge in [-0.2, -0.15) is 0 Å². The third kappa shape index (κ3) is 4.86. The second-order valence-corrected chi connectivity index (χ2v) is 4.68. The van der Waals surface area contributed by atoms with Crippen molar-refractivity contribution >= 4 is 0 Å². The van der Waals surface area contributed by atoms with E-state index in [0.29, 0.717) is 12.6 Å². The van der Waals surface area contributed by atoms with Gasteiger partial charge in [-0.1, -0.05) is 60.7 Å². The molecule has 0 saturated carbocycles. The third-order valence-electron chi connectivity index (χ3n) is 3.16. The lowest BCUT2D eigenvalue weighted by Gasteiger charge is -2.16. The normalized spacial score (nSPS) is 12.3. The van der Waals surface area contributed by atoms with Crippen LogP contribution in [-0.4, -0.2) is 19.7 Å². The largest absolute Gasteiger partial charge is 0.375 e. The highest BCUT2D eigenvalue weighted by atomic mass is 16.5. The third-order valence-corrected chi connectivity index (χ3v) is 3.16. The van der Waals surface area contributed by atoms with Crippen molar-refractivity contribution in [2.75, 3.05) is 13.7 Å². The van der Waals surface area contributed by atoms with Gasteiger partial charge in [0.15, 0.2) is 0 Å². The molecule has 0 aromatic heterocycles. The molecule has 1 atom stereocenters. The highest BCUT2D eigenvalue weighted by Gasteiger charge is 2.07. The van der Waals surface area contributed by atoms with Crippen LogP contribution in [0.25, 0.3) is 0 Å². The van der Waals surface area contributed by atoms with Crippen molar-refractivity contribution < 1.29 is 4.74 Å². The van der Waals surface area contributed by atoms with Gasteiger partial charge in [0.05, 0.1) is 13.2 Å². The predicted molar refractivity (Wildman–Crippen MR) is 79.1 cm³/mol. The number of ether oxygens (including phenoxy) is 1. The highest BCUT2D eigenvalue weighted by molar-refractivity contribution is 5.16. The van der Waals surface area contributed by atoms with Crippen LogP contribution in [0.2, 0.25) is 0 Å². The van der Waals surface area contributed by atoms with Crippen LogP contribution in [0.3, 0.4) is 0 Å². The summed E-state index contributed by atoms with van der Waals surface area (Å²) in [6.07, 6.45) is 0.992. The van der Waals surface area contributed by atoms with E-state index < -0.39 is 0 Å². The lowest BCUT2D eigenvalue weighted by atomic mass is 10.1. The summed E-state index contributed by atoms with van der Waals surface area (Å²) >= 11 is 0. The van der Waals surface area contributed by atoms with E-state index in [1.165, 1.54) is 11.1 Å². The Morgan fingerprint density at radius 2 is 1.47 bits per heavy atom. The number of hydrogen-bond donors (Lipinski definition) is 1. The van der Waals surface area contributed by atoms with Crippen molar-refractivity contribution in [2.45, 2.75) is 19.1 Å². The molecular weight excluding hydrogens is 234 g/mol. The summed E-state index contributed by atoms with van der Waals surface area (Å²) < 4.78 is 5.78. The van der Waals surface area contributed by atoms with Gasteiger partial charge in [-0.3, -0.25) is 0 Å². The number of likely N-dealkylation sites (N-methyl/N-ethyl adjacent to an activating group) is 1. The van der Waals surface area contributed by atoms with E-state index in [-0.39, 0.29) is 0 Å². The fraction of sp³-hybridized carbons (Fsp3) is 0.294. The highest BCUT2D eigenvalue weighted by Crippen LogP contribution is 2.05. The molecule has 2 nitrogen and oxygen atoms in total. The van der Waals surface area contributed by atoms with Gasteiger partial charge in [0, 0.05) is 6.04 Å². The second kappa shape index (κ2) is 7.72. The van der Waals surface area contributed by atoms with Crippen molar-refractivity contribution in [3.05, 3.63) is 71.8 Å². The molecular formula is C17H21NO. The summed E-state index contributed by atoms with van der Waals surface area (Å²) in [5, 5.41) is 3.31. The second-order valence-electron chi connectivity index (χ2n) is 4.68. The summed E-state index contributed by atoms with van der Waals surface area (Å²) in [4.78, 5) is 0. The number of hydrogen-bond acceptors (Lipinski definition) is 2. The Hall–Kier alpha value is -1.64. The minimum Gasteiger partial charge on any atom is -0.375 e. The molecule has 1 N–H and O–H groups in total. The van der Waals surface area contributed by atoms with Crippen LogP contribution in [0, 0.1) is 0 Å². The smallest absolute Gasteiger partial charge is 0.0717 e. The Kier molecular flexibility index (Phi) is 5.60. The van der Waals surface area contributed by atoms with Crippen molar-refractivity contribution in [2.24, 2.45) is 0 Å². The molecule has 0 amide bonds. The maximum absolute atomic E-state index is 5.78. The Bertz CT molecular complexity index is 455. The fourth-order valence-corrected chi connectivity index (χ4v) is 2.04. The molecule has 0 heterocycles. The molecule has 2 heteroatoms. The lowest BCUT2D eigenvalue weighted by molar-refractivity contribution is 0.101. The number of nitrogens with one attached hydrogen (secondary N) is 1. The van der Waals surface area contributed by atoms with Crippen LogP contribution in [0.5, 0.6) is 0 Å². The predicted octanol–water partition coefficient (Wildman–Crippen LogP) is 3.03. The first kappa shape index (κ1) is 13.8. The van der Waals surface area contributed by atoms with Gasteiger partial charge < -0.3 is 10.1 Å². The van der Waals surface area contributed by atoms with E-state index in [1.807, 2.05) is 31.3 Å². The standard InChI is InChI=1S/C17H21NO/c1-18-17(12-15-8-4-2-5-9-15)14-19-13-16-10-6-3-7-11-16/h2-11,17-18H,12-14H2,1H3/t17-/m0/s1. The molecule has 0 saturated heterocycles. The zero-order valence-corrected chi connectivity index (χ0v) is 11.4. The summed E-state index contributed by atoms with van der Waals surface area (Å²) in [5.74, 6) is 0. The van der Waals surface area contributed by atoms with Gasteiger partial charge >= 0.3 is 0 Å². The summed E-state index contributed by atoms with van der Waals surface area (Å²) in [5.41, 5.74) is 2.56. The molecule has 2 aromatic rings. The first-order chi connectivity index (χ1) is 9.38. The first-order valence-corrected chi connectivity index (χ1v) is 6.71. The minimum absolute atomic E-state index is 0.353. The zero-order chi connectivity index (χ0) is 13.3. The quantitative estimate of drug-likeness (QED) is 0.821. The molecule has 0 fully saturated rings. The molecule has 19 heavy (non-hydrogen) atoms. The van der Waals surface area contributed by atoms with Crippen LogP contribution < -0.4 is 5.32 Å². The maximum atomic E-state index is 5.78. The van der Waals surface area contributed by atoms with Crippen LogP contribution in [0.15, 0.2) is 60.7 Å². The number of benzene rings is 2. The van der Waals surface area contributed by atoms with Gasteiger partial charge in [0.1, 0.15) is 0 Å². The lowest BCUT2D eigenvalue weighted by Crippen LogP contribution is -2.32. The van der Waals surface area contributed by atoms with E-state index in [9.17, 15) is 0 Å². The Morgan fingerprint density at radius 1 is 0.895 bits per heavy atom. The molecule has 0 bridgehead atoms. The first-order valence-electron chi connectivity index (χ1n) is 6.71. The molecule has 2 rings (SSSR count). The fourth-order valence-electron chi connectivity index (χ4n) is 2.04. The molecule has 0 spiro atoms. The van der Waals surface area contributed by atoms with Crippen LogP contribution >= 0.6 is 0 Å². The Balaban J connectivity index is 1.77.